The molecule has 0 radical (unpaired) electrons. The van der Waals surface area contributed by atoms with E-state index in [2.05, 4.69) is 17.2 Å². The number of carbonyl (C=O) groups excluding carboxylic acids is 2. The van der Waals surface area contributed by atoms with E-state index in [1.165, 1.54) is 19.3 Å². The lowest BCUT2D eigenvalue weighted by atomic mass is 9.95. The maximum atomic E-state index is 12.4. The van der Waals surface area contributed by atoms with Gasteiger partial charge in [-0.15, -0.1) is 6.58 Å². The van der Waals surface area contributed by atoms with Crippen LogP contribution in [0.25, 0.3) is 0 Å². The number of hydrogen-bond acceptors (Lipinski definition) is 3. The van der Waals surface area contributed by atoms with Gasteiger partial charge in [-0.1, -0.05) is 25.3 Å². The van der Waals surface area contributed by atoms with Gasteiger partial charge in [-0.2, -0.15) is 0 Å². The molecule has 2 rings (SSSR count). The summed E-state index contributed by atoms with van der Waals surface area (Å²) in [6.07, 6.45) is 9.81. The van der Waals surface area contributed by atoms with Gasteiger partial charge >= 0.3 is 0 Å². The summed E-state index contributed by atoms with van der Waals surface area (Å²) in [7, 11) is 0. The van der Waals surface area contributed by atoms with E-state index in [0.29, 0.717) is 6.04 Å². The number of amides is 2. The second-order valence-electron chi connectivity index (χ2n) is 6.37. The van der Waals surface area contributed by atoms with Crippen molar-refractivity contribution < 1.29 is 9.59 Å². The number of piperazine rings is 1. The van der Waals surface area contributed by atoms with Crippen molar-refractivity contribution >= 4 is 11.8 Å². The Balaban J connectivity index is 1.76. The molecule has 0 aromatic heterocycles. The molecule has 0 spiro atoms. The van der Waals surface area contributed by atoms with E-state index in [1.807, 2.05) is 11.0 Å². The monoisotopic (exact) mass is 307 g/mol. The zero-order chi connectivity index (χ0) is 15.8. The van der Waals surface area contributed by atoms with Crippen LogP contribution in [-0.2, 0) is 9.59 Å². The molecule has 0 aromatic rings. The molecule has 2 amide bonds. The average molecular weight is 307 g/mol. The van der Waals surface area contributed by atoms with E-state index in [9.17, 15) is 9.59 Å². The Hall–Kier alpha value is -1.36. The molecule has 1 heterocycles. The number of unbranched alkanes of at least 4 members (excludes halogenated alkanes) is 1. The lowest BCUT2D eigenvalue weighted by molar-refractivity contribution is -0.138. The van der Waals surface area contributed by atoms with Crippen LogP contribution in [0.1, 0.15) is 51.4 Å². The summed E-state index contributed by atoms with van der Waals surface area (Å²) in [5, 5.41) is 6.28. The number of carbonyl (C=O) groups is 2. The Bertz CT molecular complexity index is 391. The molecule has 2 fully saturated rings. The summed E-state index contributed by atoms with van der Waals surface area (Å²) in [6, 6.07) is -0.0512. The van der Waals surface area contributed by atoms with Crippen LogP contribution in [0.4, 0.5) is 0 Å². The van der Waals surface area contributed by atoms with Crippen LogP contribution >= 0.6 is 0 Å². The molecule has 1 aliphatic carbocycles. The Kier molecular flexibility index (Phi) is 6.90. The number of rotatable bonds is 7. The van der Waals surface area contributed by atoms with Crippen molar-refractivity contribution in [2.24, 2.45) is 0 Å². The molecule has 124 valence electrons. The molecule has 5 nitrogen and oxygen atoms in total. The van der Waals surface area contributed by atoms with Gasteiger partial charge in [0.15, 0.2) is 0 Å². The van der Waals surface area contributed by atoms with Crippen molar-refractivity contribution in [1.82, 2.24) is 15.5 Å². The second kappa shape index (κ2) is 8.93. The first kappa shape index (κ1) is 17.0. The second-order valence-corrected chi connectivity index (χ2v) is 6.37. The molecule has 2 N–H and O–H groups in total. The maximum Gasteiger partial charge on any atom is 0.240 e. The number of allylic oxidation sites excluding steroid dienone is 1. The number of nitrogens with one attached hydrogen (secondary N) is 2. The average Bonchev–Trinajstić information content (AvgIpc) is 2.52. The lowest BCUT2D eigenvalue weighted by Crippen LogP contribution is -2.56. The van der Waals surface area contributed by atoms with Crippen LogP contribution in [0.2, 0.25) is 0 Å². The van der Waals surface area contributed by atoms with Crippen LogP contribution in [0.3, 0.4) is 0 Å². The smallest absolute Gasteiger partial charge is 0.240 e. The van der Waals surface area contributed by atoms with Crippen LogP contribution in [0.15, 0.2) is 12.7 Å². The highest BCUT2D eigenvalue weighted by atomic mass is 16.2. The maximum absolute atomic E-state index is 12.4. The predicted octanol–water partition coefficient (Wildman–Crippen LogP) is 1.59. The fraction of sp³-hybridized carbons (Fsp3) is 0.765. The highest BCUT2D eigenvalue weighted by molar-refractivity contribution is 5.89. The Morgan fingerprint density at radius 3 is 2.86 bits per heavy atom. The molecule has 1 saturated carbocycles. The normalized spacial score (nSPS) is 23.4. The zero-order valence-corrected chi connectivity index (χ0v) is 13.5. The SMILES string of the molecule is C=CCCCN1CCNC(CC(=O)NC2CCCCC2)C1=O. The molecule has 0 bridgehead atoms. The summed E-state index contributed by atoms with van der Waals surface area (Å²) in [4.78, 5) is 26.4. The molecular formula is C17H29N3O2. The minimum Gasteiger partial charge on any atom is -0.353 e. The van der Waals surface area contributed by atoms with E-state index in [0.717, 1.165) is 45.3 Å². The summed E-state index contributed by atoms with van der Waals surface area (Å²) >= 11 is 0. The van der Waals surface area contributed by atoms with Gasteiger partial charge < -0.3 is 15.5 Å². The highest BCUT2D eigenvalue weighted by Gasteiger charge is 2.30. The van der Waals surface area contributed by atoms with Gasteiger partial charge in [-0.05, 0) is 25.7 Å². The van der Waals surface area contributed by atoms with Crippen molar-refractivity contribution in [3.8, 4) is 0 Å². The largest absolute Gasteiger partial charge is 0.353 e. The van der Waals surface area contributed by atoms with Crippen molar-refractivity contribution in [3.05, 3.63) is 12.7 Å². The van der Waals surface area contributed by atoms with Gasteiger partial charge in [-0.25, -0.2) is 0 Å². The van der Waals surface area contributed by atoms with Gasteiger partial charge in [0.05, 0.1) is 12.5 Å². The van der Waals surface area contributed by atoms with Gasteiger partial charge in [-0.3, -0.25) is 9.59 Å². The minimum absolute atomic E-state index is 0.00527. The van der Waals surface area contributed by atoms with Crippen molar-refractivity contribution in [2.45, 2.75) is 63.5 Å². The van der Waals surface area contributed by atoms with Crippen molar-refractivity contribution in [3.63, 3.8) is 0 Å². The van der Waals surface area contributed by atoms with Gasteiger partial charge in [0.1, 0.15) is 0 Å². The first-order chi connectivity index (χ1) is 10.7. The first-order valence-corrected chi connectivity index (χ1v) is 8.63. The molecular weight excluding hydrogens is 278 g/mol. The number of hydrogen-bond donors (Lipinski definition) is 2. The van der Waals surface area contributed by atoms with Crippen LogP contribution < -0.4 is 10.6 Å². The summed E-state index contributed by atoms with van der Waals surface area (Å²) < 4.78 is 0. The van der Waals surface area contributed by atoms with Gasteiger partial charge in [0.25, 0.3) is 0 Å². The Morgan fingerprint density at radius 2 is 2.14 bits per heavy atom. The molecule has 22 heavy (non-hydrogen) atoms. The van der Waals surface area contributed by atoms with E-state index in [4.69, 9.17) is 0 Å². The van der Waals surface area contributed by atoms with E-state index < -0.39 is 0 Å². The highest BCUT2D eigenvalue weighted by Crippen LogP contribution is 2.17. The molecule has 5 heteroatoms. The Morgan fingerprint density at radius 1 is 1.36 bits per heavy atom. The van der Waals surface area contributed by atoms with Crippen LogP contribution in [0, 0.1) is 0 Å². The molecule has 1 saturated heterocycles. The molecule has 1 aliphatic heterocycles. The van der Waals surface area contributed by atoms with Crippen LogP contribution in [-0.4, -0.2) is 48.4 Å². The summed E-state index contributed by atoms with van der Waals surface area (Å²) in [5.41, 5.74) is 0. The predicted molar refractivity (Wildman–Crippen MR) is 87.4 cm³/mol. The standard InChI is InChI=1S/C17H29N3O2/c1-2-3-7-11-20-12-10-18-15(17(20)22)13-16(21)19-14-8-5-4-6-9-14/h2,14-15,18H,1,3-13H2,(H,19,21). The Labute approximate surface area is 133 Å². The van der Waals surface area contributed by atoms with E-state index in [-0.39, 0.29) is 24.3 Å². The van der Waals surface area contributed by atoms with Gasteiger partial charge in [0.2, 0.25) is 11.8 Å². The third-order valence-electron chi connectivity index (χ3n) is 4.58. The third kappa shape index (κ3) is 5.13. The van der Waals surface area contributed by atoms with Crippen LogP contribution in [0.5, 0.6) is 0 Å². The van der Waals surface area contributed by atoms with Crippen molar-refractivity contribution in [1.29, 1.82) is 0 Å². The quantitative estimate of drug-likeness (QED) is 0.555. The summed E-state index contributed by atoms with van der Waals surface area (Å²) in [5.74, 6) is 0.0693. The lowest BCUT2D eigenvalue weighted by Gasteiger charge is -2.33. The molecule has 1 atom stereocenters. The third-order valence-corrected chi connectivity index (χ3v) is 4.58. The number of nitrogens with zero attached hydrogens (tertiary/aromatic N) is 1. The fourth-order valence-corrected chi connectivity index (χ4v) is 3.32. The zero-order valence-electron chi connectivity index (χ0n) is 13.5. The minimum atomic E-state index is -0.360. The molecule has 0 aromatic carbocycles. The van der Waals surface area contributed by atoms with E-state index >= 15 is 0 Å². The van der Waals surface area contributed by atoms with E-state index in [1.54, 1.807) is 0 Å². The molecule has 2 aliphatic rings. The topological polar surface area (TPSA) is 61.4 Å². The fourth-order valence-electron chi connectivity index (χ4n) is 3.32. The summed E-state index contributed by atoms with van der Waals surface area (Å²) in [6.45, 7) is 5.96. The molecule has 1 unspecified atom stereocenters. The van der Waals surface area contributed by atoms with Gasteiger partial charge in [0, 0.05) is 25.7 Å². The van der Waals surface area contributed by atoms with Crippen molar-refractivity contribution in [2.75, 3.05) is 19.6 Å². The first-order valence-electron chi connectivity index (χ1n) is 8.63.